The molecule has 1 heterocycles. The van der Waals surface area contributed by atoms with Crippen LogP contribution in [0.4, 0.5) is 0 Å². The Morgan fingerprint density at radius 1 is 1.04 bits per heavy atom. The average Bonchev–Trinajstić information content (AvgIpc) is 2.94. The lowest BCUT2D eigenvalue weighted by Gasteiger charge is -2.20. The minimum Gasteiger partial charge on any atom is -0.347 e. The fourth-order valence-corrected chi connectivity index (χ4v) is 4.45. The van der Waals surface area contributed by atoms with Gasteiger partial charge in [-0.05, 0) is 37.0 Å². The van der Waals surface area contributed by atoms with Crippen LogP contribution in [0.25, 0.3) is 0 Å². The summed E-state index contributed by atoms with van der Waals surface area (Å²) < 4.78 is 27.1. The summed E-state index contributed by atoms with van der Waals surface area (Å²) in [6, 6.07) is 6.73. The number of rotatable bonds is 7. The highest BCUT2D eigenvalue weighted by Crippen LogP contribution is 2.21. The van der Waals surface area contributed by atoms with Crippen molar-refractivity contribution in [3.63, 3.8) is 0 Å². The maximum Gasteiger partial charge on any atom is 0.243 e. The van der Waals surface area contributed by atoms with Gasteiger partial charge in [-0.1, -0.05) is 25.0 Å². The Balaban J connectivity index is 1.89. The Bertz CT molecular complexity index is 737. The van der Waals surface area contributed by atoms with Crippen molar-refractivity contribution in [1.82, 2.24) is 14.5 Å². The Labute approximate surface area is 161 Å². The number of hydrogen-bond acceptors (Lipinski definition) is 4. The molecule has 2 rings (SSSR count). The molecule has 0 atom stereocenters. The summed E-state index contributed by atoms with van der Waals surface area (Å²) in [7, 11) is -0.178. The number of aryl methyl sites for hydroxylation is 1. The molecule has 0 unspecified atom stereocenters. The lowest BCUT2D eigenvalue weighted by Crippen LogP contribution is -2.36. The van der Waals surface area contributed by atoms with Gasteiger partial charge >= 0.3 is 0 Å². The molecule has 0 spiro atoms. The van der Waals surface area contributed by atoms with E-state index in [1.165, 1.54) is 4.90 Å². The van der Waals surface area contributed by atoms with E-state index in [-0.39, 0.29) is 24.8 Å². The highest BCUT2D eigenvalue weighted by molar-refractivity contribution is 7.89. The molecule has 1 aromatic carbocycles. The topological polar surface area (TPSA) is 86.8 Å². The molecule has 0 bridgehead atoms. The summed E-state index contributed by atoms with van der Waals surface area (Å²) in [6.45, 7) is 1.14. The van der Waals surface area contributed by atoms with Crippen LogP contribution in [0.15, 0.2) is 29.2 Å². The number of hydrogen-bond donors (Lipinski definition) is 1. The molecule has 0 saturated carbocycles. The molecule has 1 aliphatic rings. The summed E-state index contributed by atoms with van der Waals surface area (Å²) >= 11 is 0. The number of nitrogens with one attached hydrogen (secondary N) is 1. The van der Waals surface area contributed by atoms with E-state index in [4.69, 9.17) is 0 Å². The molecule has 150 valence electrons. The zero-order valence-corrected chi connectivity index (χ0v) is 16.9. The minimum absolute atomic E-state index is 0.0150. The minimum atomic E-state index is -3.45. The molecule has 0 aromatic heterocycles. The maximum atomic E-state index is 12.7. The number of carbonyl (C=O) groups is 2. The second-order valence-corrected chi connectivity index (χ2v) is 8.97. The van der Waals surface area contributed by atoms with E-state index in [1.807, 2.05) is 0 Å². The van der Waals surface area contributed by atoms with Crippen molar-refractivity contribution >= 4 is 21.8 Å². The van der Waals surface area contributed by atoms with Gasteiger partial charge < -0.3 is 10.2 Å². The van der Waals surface area contributed by atoms with E-state index in [1.54, 1.807) is 42.7 Å². The Morgan fingerprint density at radius 3 is 2.19 bits per heavy atom. The molecule has 1 aromatic rings. The molecule has 27 heavy (non-hydrogen) atoms. The number of benzene rings is 1. The van der Waals surface area contributed by atoms with Crippen LogP contribution in [0.1, 0.15) is 37.7 Å². The predicted octanol–water partition coefficient (Wildman–Crippen LogP) is 1.39. The highest BCUT2D eigenvalue weighted by atomic mass is 32.2. The second-order valence-electron chi connectivity index (χ2n) is 7.03. The van der Waals surface area contributed by atoms with Gasteiger partial charge in [0, 0.05) is 33.6 Å². The number of carbonyl (C=O) groups excluding carboxylic acids is 2. The summed E-state index contributed by atoms with van der Waals surface area (Å²) in [5, 5.41) is 2.59. The zero-order valence-electron chi connectivity index (χ0n) is 16.1. The molecule has 1 aliphatic heterocycles. The first-order chi connectivity index (χ1) is 12.8. The van der Waals surface area contributed by atoms with Crippen molar-refractivity contribution in [2.24, 2.45) is 0 Å². The standard InChI is InChI=1S/C19H29N3O4S/c1-21(2)19(24)15-20-18(23)12-9-16-7-10-17(11-8-16)27(25,26)22-13-5-3-4-6-14-22/h7-8,10-11H,3-6,9,12-15H2,1-2H3,(H,20,23). The van der Waals surface area contributed by atoms with Gasteiger partial charge in [-0.15, -0.1) is 0 Å². The third-order valence-electron chi connectivity index (χ3n) is 4.70. The van der Waals surface area contributed by atoms with E-state index >= 15 is 0 Å². The summed E-state index contributed by atoms with van der Waals surface area (Å²) in [6.07, 6.45) is 4.71. The molecular weight excluding hydrogens is 366 g/mol. The van der Waals surface area contributed by atoms with Gasteiger partial charge in [0.05, 0.1) is 11.4 Å². The van der Waals surface area contributed by atoms with Crippen molar-refractivity contribution in [3.8, 4) is 0 Å². The molecule has 7 nitrogen and oxygen atoms in total. The van der Waals surface area contributed by atoms with Crippen LogP contribution < -0.4 is 5.32 Å². The number of sulfonamides is 1. The maximum absolute atomic E-state index is 12.7. The lowest BCUT2D eigenvalue weighted by atomic mass is 10.1. The first-order valence-corrected chi connectivity index (χ1v) is 10.8. The predicted molar refractivity (Wildman–Crippen MR) is 104 cm³/mol. The summed E-state index contributed by atoms with van der Waals surface area (Å²) in [5.74, 6) is -0.363. The normalized spacial score (nSPS) is 15.8. The van der Waals surface area contributed by atoms with E-state index in [9.17, 15) is 18.0 Å². The third-order valence-corrected chi connectivity index (χ3v) is 6.62. The quantitative estimate of drug-likeness (QED) is 0.756. The molecular formula is C19H29N3O4S. The Kier molecular flexibility index (Phi) is 7.79. The van der Waals surface area contributed by atoms with Crippen LogP contribution in [-0.4, -0.2) is 63.2 Å². The van der Waals surface area contributed by atoms with Crippen molar-refractivity contribution in [2.75, 3.05) is 33.7 Å². The van der Waals surface area contributed by atoms with E-state index in [0.29, 0.717) is 24.4 Å². The molecule has 2 amide bonds. The van der Waals surface area contributed by atoms with Crippen LogP contribution in [0.3, 0.4) is 0 Å². The molecule has 1 fully saturated rings. The molecule has 0 radical (unpaired) electrons. The fraction of sp³-hybridized carbons (Fsp3) is 0.579. The van der Waals surface area contributed by atoms with Gasteiger partial charge in [-0.3, -0.25) is 9.59 Å². The van der Waals surface area contributed by atoms with Gasteiger partial charge in [-0.2, -0.15) is 4.31 Å². The van der Waals surface area contributed by atoms with Gasteiger partial charge in [0.1, 0.15) is 0 Å². The summed E-state index contributed by atoms with van der Waals surface area (Å²) in [4.78, 5) is 25.0. The third kappa shape index (κ3) is 6.32. The van der Waals surface area contributed by atoms with Crippen LogP contribution in [0.2, 0.25) is 0 Å². The molecule has 1 N–H and O–H groups in total. The van der Waals surface area contributed by atoms with Gasteiger partial charge in [0.15, 0.2) is 0 Å². The number of amides is 2. The van der Waals surface area contributed by atoms with Crippen LogP contribution in [-0.2, 0) is 26.0 Å². The summed E-state index contributed by atoms with van der Waals surface area (Å²) in [5.41, 5.74) is 0.888. The monoisotopic (exact) mass is 395 g/mol. The van der Waals surface area contributed by atoms with E-state index in [0.717, 1.165) is 31.2 Å². The van der Waals surface area contributed by atoms with E-state index in [2.05, 4.69) is 5.32 Å². The van der Waals surface area contributed by atoms with Crippen molar-refractivity contribution in [3.05, 3.63) is 29.8 Å². The molecule has 1 saturated heterocycles. The molecule has 0 aliphatic carbocycles. The lowest BCUT2D eigenvalue weighted by molar-refractivity contribution is -0.130. The smallest absolute Gasteiger partial charge is 0.243 e. The van der Waals surface area contributed by atoms with Crippen molar-refractivity contribution < 1.29 is 18.0 Å². The van der Waals surface area contributed by atoms with E-state index < -0.39 is 10.0 Å². The largest absolute Gasteiger partial charge is 0.347 e. The first-order valence-electron chi connectivity index (χ1n) is 9.36. The molecule has 8 heteroatoms. The van der Waals surface area contributed by atoms with Crippen LogP contribution >= 0.6 is 0 Å². The second kappa shape index (κ2) is 9.85. The van der Waals surface area contributed by atoms with Crippen molar-refractivity contribution in [2.45, 2.75) is 43.4 Å². The van der Waals surface area contributed by atoms with Gasteiger partial charge in [0.2, 0.25) is 21.8 Å². The van der Waals surface area contributed by atoms with Crippen molar-refractivity contribution in [1.29, 1.82) is 0 Å². The Morgan fingerprint density at radius 2 is 1.63 bits per heavy atom. The zero-order chi connectivity index (χ0) is 19.9. The average molecular weight is 396 g/mol. The first kappa shape index (κ1) is 21.4. The SMILES string of the molecule is CN(C)C(=O)CNC(=O)CCc1ccc(S(=O)(=O)N2CCCCCC2)cc1. The number of nitrogens with zero attached hydrogens (tertiary/aromatic N) is 2. The number of likely N-dealkylation sites (N-methyl/N-ethyl adjacent to an activating group) is 1. The fourth-order valence-electron chi connectivity index (χ4n) is 2.94. The Hall–Kier alpha value is -1.93. The van der Waals surface area contributed by atoms with Gasteiger partial charge in [0.25, 0.3) is 0 Å². The van der Waals surface area contributed by atoms with Crippen LogP contribution in [0, 0.1) is 0 Å². The van der Waals surface area contributed by atoms with Gasteiger partial charge in [-0.25, -0.2) is 8.42 Å². The van der Waals surface area contributed by atoms with Crippen LogP contribution in [0.5, 0.6) is 0 Å². The highest BCUT2D eigenvalue weighted by Gasteiger charge is 2.24.